The highest BCUT2D eigenvalue weighted by Crippen LogP contribution is 2.25. The molecule has 0 spiro atoms. The van der Waals surface area contributed by atoms with Gasteiger partial charge in [0.05, 0.1) is 4.92 Å². The van der Waals surface area contributed by atoms with E-state index in [0.29, 0.717) is 12.4 Å². The molecule has 0 aliphatic carbocycles. The fraction of sp³-hybridized carbons (Fsp3) is 0.571. The molecule has 1 amide bonds. The molecule has 7 nitrogen and oxygen atoms in total. The van der Waals surface area contributed by atoms with Crippen LogP contribution in [0.2, 0.25) is 0 Å². The van der Waals surface area contributed by atoms with Crippen LogP contribution in [0.4, 0.5) is 11.5 Å². The lowest BCUT2D eigenvalue weighted by molar-refractivity contribution is -0.385. The standard InChI is InChI=1S/C14H22N4O3/c1-6-14(3,4)17(5)13(19)10-8-12(15-7-2)16-9-11(10)18(20)21/h8-9H,6-7H2,1-5H3,(H,15,16). The molecule has 0 bridgehead atoms. The molecule has 0 radical (unpaired) electrons. The fourth-order valence-electron chi connectivity index (χ4n) is 1.74. The highest BCUT2D eigenvalue weighted by atomic mass is 16.6. The summed E-state index contributed by atoms with van der Waals surface area (Å²) < 4.78 is 0. The molecule has 0 atom stereocenters. The summed E-state index contributed by atoms with van der Waals surface area (Å²) in [6.07, 6.45) is 1.87. The van der Waals surface area contributed by atoms with E-state index >= 15 is 0 Å². The number of rotatable bonds is 6. The van der Waals surface area contributed by atoms with E-state index in [-0.39, 0.29) is 22.7 Å². The molecule has 0 unspecified atom stereocenters. The Morgan fingerprint density at radius 3 is 2.57 bits per heavy atom. The number of carbonyl (C=O) groups excluding carboxylic acids is 1. The predicted octanol–water partition coefficient (Wildman–Crippen LogP) is 2.68. The summed E-state index contributed by atoms with van der Waals surface area (Å²) >= 11 is 0. The van der Waals surface area contributed by atoms with Crippen LogP contribution >= 0.6 is 0 Å². The zero-order valence-corrected chi connectivity index (χ0v) is 13.1. The molecule has 21 heavy (non-hydrogen) atoms. The van der Waals surface area contributed by atoms with E-state index in [0.717, 1.165) is 12.6 Å². The summed E-state index contributed by atoms with van der Waals surface area (Å²) in [5.41, 5.74) is -0.609. The van der Waals surface area contributed by atoms with Crippen molar-refractivity contribution in [3.8, 4) is 0 Å². The maximum atomic E-state index is 12.6. The Hall–Kier alpha value is -2.18. The van der Waals surface area contributed by atoms with E-state index in [1.165, 1.54) is 11.0 Å². The topological polar surface area (TPSA) is 88.4 Å². The zero-order valence-electron chi connectivity index (χ0n) is 13.1. The van der Waals surface area contributed by atoms with Crippen LogP contribution in [-0.2, 0) is 0 Å². The fourth-order valence-corrected chi connectivity index (χ4v) is 1.74. The summed E-state index contributed by atoms with van der Waals surface area (Å²) in [6, 6.07) is 1.44. The first-order chi connectivity index (χ1) is 9.74. The second-order valence-corrected chi connectivity index (χ2v) is 5.40. The van der Waals surface area contributed by atoms with E-state index in [2.05, 4.69) is 10.3 Å². The lowest BCUT2D eigenvalue weighted by Crippen LogP contribution is -2.44. The van der Waals surface area contributed by atoms with Crippen molar-refractivity contribution >= 4 is 17.4 Å². The van der Waals surface area contributed by atoms with Gasteiger partial charge in [-0.25, -0.2) is 4.98 Å². The Morgan fingerprint density at radius 2 is 2.10 bits per heavy atom. The van der Waals surface area contributed by atoms with Gasteiger partial charge in [0.1, 0.15) is 17.6 Å². The smallest absolute Gasteiger partial charge is 0.300 e. The largest absolute Gasteiger partial charge is 0.370 e. The quantitative estimate of drug-likeness (QED) is 0.643. The van der Waals surface area contributed by atoms with Crippen molar-refractivity contribution < 1.29 is 9.72 Å². The number of hydrogen-bond acceptors (Lipinski definition) is 5. The second kappa shape index (κ2) is 6.51. The van der Waals surface area contributed by atoms with Crippen molar-refractivity contribution in [2.24, 2.45) is 0 Å². The van der Waals surface area contributed by atoms with Crippen molar-refractivity contribution in [2.45, 2.75) is 39.7 Å². The van der Waals surface area contributed by atoms with Gasteiger partial charge in [-0.2, -0.15) is 0 Å². The summed E-state index contributed by atoms with van der Waals surface area (Å²) in [6.45, 7) is 8.31. The summed E-state index contributed by atoms with van der Waals surface area (Å²) in [4.78, 5) is 28.6. The third kappa shape index (κ3) is 3.68. The lowest BCUT2D eigenvalue weighted by atomic mass is 9.98. The number of anilines is 1. The van der Waals surface area contributed by atoms with E-state index in [9.17, 15) is 14.9 Å². The van der Waals surface area contributed by atoms with Crippen LogP contribution < -0.4 is 5.32 Å². The first-order valence-corrected chi connectivity index (χ1v) is 6.91. The van der Waals surface area contributed by atoms with Crippen molar-refractivity contribution in [2.75, 3.05) is 18.9 Å². The molecule has 1 aromatic rings. The summed E-state index contributed by atoms with van der Waals surface area (Å²) in [5.74, 6) is 0.0734. The van der Waals surface area contributed by atoms with Gasteiger partial charge in [-0.05, 0) is 27.2 Å². The van der Waals surface area contributed by atoms with Gasteiger partial charge < -0.3 is 10.2 Å². The number of nitrogens with zero attached hydrogens (tertiary/aromatic N) is 3. The van der Waals surface area contributed by atoms with Gasteiger partial charge in [-0.3, -0.25) is 14.9 Å². The maximum absolute atomic E-state index is 12.6. The lowest BCUT2D eigenvalue weighted by Gasteiger charge is -2.34. The molecule has 7 heteroatoms. The molecule has 0 aromatic carbocycles. The van der Waals surface area contributed by atoms with E-state index in [4.69, 9.17) is 0 Å². The van der Waals surface area contributed by atoms with Crippen molar-refractivity contribution in [1.29, 1.82) is 0 Å². The number of hydrogen-bond donors (Lipinski definition) is 1. The number of carbonyl (C=O) groups is 1. The van der Waals surface area contributed by atoms with Crippen LogP contribution in [0.5, 0.6) is 0 Å². The molecule has 0 aliphatic heterocycles. The molecule has 1 aromatic heterocycles. The summed E-state index contributed by atoms with van der Waals surface area (Å²) in [7, 11) is 1.66. The Morgan fingerprint density at radius 1 is 1.48 bits per heavy atom. The molecule has 0 saturated carbocycles. The minimum Gasteiger partial charge on any atom is -0.370 e. The van der Waals surface area contributed by atoms with Gasteiger partial charge in [0.2, 0.25) is 0 Å². The maximum Gasteiger partial charge on any atom is 0.300 e. The van der Waals surface area contributed by atoms with Crippen LogP contribution in [0.15, 0.2) is 12.3 Å². The monoisotopic (exact) mass is 294 g/mol. The van der Waals surface area contributed by atoms with Gasteiger partial charge >= 0.3 is 0 Å². The second-order valence-electron chi connectivity index (χ2n) is 5.40. The highest BCUT2D eigenvalue weighted by molar-refractivity contribution is 5.99. The van der Waals surface area contributed by atoms with Crippen LogP contribution in [-0.4, -0.2) is 39.8 Å². The molecule has 1 rings (SSSR count). The summed E-state index contributed by atoms with van der Waals surface area (Å²) in [5, 5.41) is 14.1. The number of aromatic nitrogens is 1. The predicted molar refractivity (Wildman–Crippen MR) is 81.5 cm³/mol. The van der Waals surface area contributed by atoms with Crippen molar-refractivity contribution in [3.63, 3.8) is 0 Å². The Bertz CT molecular complexity index is 543. The van der Waals surface area contributed by atoms with E-state index < -0.39 is 4.92 Å². The number of pyridine rings is 1. The van der Waals surface area contributed by atoms with E-state index in [1.807, 2.05) is 27.7 Å². The minimum atomic E-state index is -0.581. The van der Waals surface area contributed by atoms with Gasteiger partial charge in [0.15, 0.2) is 0 Å². The van der Waals surface area contributed by atoms with Crippen molar-refractivity contribution in [1.82, 2.24) is 9.88 Å². The van der Waals surface area contributed by atoms with Gasteiger partial charge in [0, 0.05) is 25.2 Å². The normalized spacial score (nSPS) is 11.1. The molecule has 0 saturated heterocycles. The number of nitrogens with one attached hydrogen (secondary N) is 1. The average molecular weight is 294 g/mol. The molecule has 0 aliphatic rings. The third-order valence-corrected chi connectivity index (χ3v) is 3.75. The van der Waals surface area contributed by atoms with Gasteiger partial charge in [0.25, 0.3) is 11.6 Å². The zero-order chi connectivity index (χ0) is 16.2. The molecule has 116 valence electrons. The molecular weight excluding hydrogens is 272 g/mol. The van der Waals surface area contributed by atoms with Crippen molar-refractivity contribution in [3.05, 3.63) is 27.9 Å². The Balaban J connectivity index is 3.28. The molecule has 1 N–H and O–H groups in total. The number of nitro groups is 1. The van der Waals surface area contributed by atoms with Crippen LogP contribution in [0.25, 0.3) is 0 Å². The van der Waals surface area contributed by atoms with Gasteiger partial charge in [-0.1, -0.05) is 6.92 Å². The van der Waals surface area contributed by atoms with Crippen LogP contribution in [0.3, 0.4) is 0 Å². The van der Waals surface area contributed by atoms with Gasteiger partial charge in [-0.15, -0.1) is 0 Å². The molecular formula is C14H22N4O3. The van der Waals surface area contributed by atoms with E-state index in [1.54, 1.807) is 7.05 Å². The van der Waals surface area contributed by atoms with Crippen LogP contribution in [0.1, 0.15) is 44.5 Å². The first kappa shape index (κ1) is 16.9. The molecule has 0 fully saturated rings. The SMILES string of the molecule is CCNc1cc(C(=O)N(C)C(C)(C)CC)c([N+](=O)[O-])cn1. The Labute approximate surface area is 124 Å². The molecule has 1 heterocycles. The minimum absolute atomic E-state index is 0.0509. The van der Waals surface area contributed by atoms with Crippen LogP contribution in [0, 0.1) is 10.1 Å². The average Bonchev–Trinajstić information content (AvgIpc) is 2.45. The first-order valence-electron chi connectivity index (χ1n) is 6.91. The third-order valence-electron chi connectivity index (χ3n) is 3.75. The Kier molecular flexibility index (Phi) is 5.23. The highest BCUT2D eigenvalue weighted by Gasteiger charge is 2.31. The number of amides is 1.